The molecule has 0 amide bonds. The molecule has 1 aromatic rings. The molecular formula is C15H14O. The van der Waals surface area contributed by atoms with Crippen molar-refractivity contribution in [3.8, 4) is 23.7 Å². The van der Waals surface area contributed by atoms with E-state index in [9.17, 15) is 4.79 Å². The summed E-state index contributed by atoms with van der Waals surface area (Å²) in [5, 5.41) is 0. The van der Waals surface area contributed by atoms with E-state index in [2.05, 4.69) is 23.7 Å². The van der Waals surface area contributed by atoms with Crippen molar-refractivity contribution in [3.05, 3.63) is 35.9 Å². The molecule has 0 fully saturated rings. The lowest BCUT2D eigenvalue weighted by molar-refractivity contribution is -0.113. The van der Waals surface area contributed by atoms with Gasteiger partial charge in [0.2, 0.25) is 5.78 Å². The van der Waals surface area contributed by atoms with Crippen molar-refractivity contribution < 1.29 is 4.79 Å². The lowest BCUT2D eigenvalue weighted by Gasteiger charge is -1.89. The number of ketones is 1. The Morgan fingerprint density at radius 2 is 2.00 bits per heavy atom. The Morgan fingerprint density at radius 1 is 1.25 bits per heavy atom. The van der Waals surface area contributed by atoms with Gasteiger partial charge in [0.15, 0.2) is 0 Å². The van der Waals surface area contributed by atoms with Crippen LogP contribution in [0.5, 0.6) is 0 Å². The van der Waals surface area contributed by atoms with Gasteiger partial charge in [0.05, 0.1) is 0 Å². The fourth-order valence-electron chi connectivity index (χ4n) is 1.19. The summed E-state index contributed by atoms with van der Waals surface area (Å²) in [5.41, 5.74) is 0.879. The molecule has 0 aromatic heterocycles. The van der Waals surface area contributed by atoms with Crippen molar-refractivity contribution in [1.29, 1.82) is 0 Å². The van der Waals surface area contributed by atoms with Crippen molar-refractivity contribution in [2.24, 2.45) is 0 Å². The zero-order valence-electron chi connectivity index (χ0n) is 9.42. The Bertz CT molecular complexity index is 449. The van der Waals surface area contributed by atoms with Gasteiger partial charge in [-0.15, -0.1) is 11.8 Å². The van der Waals surface area contributed by atoms with Crippen LogP contribution in [0.25, 0.3) is 0 Å². The number of carbonyl (C=O) groups is 1. The molecule has 0 aliphatic heterocycles. The molecule has 0 aliphatic carbocycles. The molecule has 1 nitrogen and oxygen atoms in total. The third-order valence-corrected chi connectivity index (χ3v) is 2.00. The second-order valence-electron chi connectivity index (χ2n) is 3.32. The van der Waals surface area contributed by atoms with Gasteiger partial charge in [-0.25, -0.2) is 0 Å². The third kappa shape index (κ3) is 5.03. The van der Waals surface area contributed by atoms with Gasteiger partial charge in [0, 0.05) is 18.4 Å². The highest BCUT2D eigenvalue weighted by atomic mass is 16.1. The number of benzene rings is 1. The summed E-state index contributed by atoms with van der Waals surface area (Å²) in [4.78, 5) is 11.4. The van der Waals surface area contributed by atoms with Crippen LogP contribution < -0.4 is 0 Å². The Morgan fingerprint density at radius 3 is 2.69 bits per heavy atom. The van der Waals surface area contributed by atoms with Crippen molar-refractivity contribution in [3.63, 3.8) is 0 Å². The monoisotopic (exact) mass is 210 g/mol. The van der Waals surface area contributed by atoms with Crippen LogP contribution in [-0.2, 0) is 4.79 Å². The fraction of sp³-hybridized carbons (Fsp3) is 0.267. The minimum Gasteiger partial charge on any atom is -0.285 e. The van der Waals surface area contributed by atoms with E-state index in [1.807, 2.05) is 30.3 Å². The number of hydrogen-bond donors (Lipinski definition) is 0. The summed E-state index contributed by atoms with van der Waals surface area (Å²) < 4.78 is 0. The SMILES string of the molecule is CC#CCCCC(=O)C#Cc1ccccc1. The molecule has 0 saturated carbocycles. The lowest BCUT2D eigenvalue weighted by Crippen LogP contribution is -1.92. The van der Waals surface area contributed by atoms with Crippen molar-refractivity contribution >= 4 is 5.78 Å². The minimum absolute atomic E-state index is 0.0123. The van der Waals surface area contributed by atoms with Crippen LogP contribution in [0.1, 0.15) is 31.7 Å². The van der Waals surface area contributed by atoms with Gasteiger partial charge < -0.3 is 0 Å². The van der Waals surface area contributed by atoms with E-state index in [1.54, 1.807) is 6.92 Å². The first-order valence-corrected chi connectivity index (χ1v) is 5.32. The van der Waals surface area contributed by atoms with E-state index in [4.69, 9.17) is 0 Å². The molecule has 0 spiro atoms. The quantitative estimate of drug-likeness (QED) is 0.554. The van der Waals surface area contributed by atoms with E-state index in [0.29, 0.717) is 6.42 Å². The van der Waals surface area contributed by atoms with Gasteiger partial charge in [0.25, 0.3) is 0 Å². The Labute approximate surface area is 96.9 Å². The van der Waals surface area contributed by atoms with Gasteiger partial charge in [-0.05, 0) is 31.4 Å². The summed E-state index contributed by atoms with van der Waals surface area (Å²) in [5.74, 6) is 11.2. The molecule has 0 saturated heterocycles. The summed E-state index contributed by atoms with van der Waals surface area (Å²) >= 11 is 0. The van der Waals surface area contributed by atoms with Gasteiger partial charge in [-0.2, -0.15) is 0 Å². The normalized spacial score (nSPS) is 8.31. The molecule has 1 heteroatoms. The molecule has 0 aliphatic rings. The summed E-state index contributed by atoms with van der Waals surface area (Å²) in [6, 6.07) is 9.53. The van der Waals surface area contributed by atoms with Crippen LogP contribution in [0, 0.1) is 23.7 Å². The highest BCUT2D eigenvalue weighted by Crippen LogP contribution is 1.97. The molecule has 0 heterocycles. The van der Waals surface area contributed by atoms with Crippen LogP contribution in [-0.4, -0.2) is 5.78 Å². The fourth-order valence-corrected chi connectivity index (χ4v) is 1.19. The molecule has 0 unspecified atom stereocenters. The smallest absolute Gasteiger partial charge is 0.205 e. The first-order valence-electron chi connectivity index (χ1n) is 5.32. The number of rotatable bonds is 3. The highest BCUT2D eigenvalue weighted by Gasteiger charge is 1.95. The maximum absolute atomic E-state index is 11.4. The van der Waals surface area contributed by atoms with E-state index in [1.165, 1.54) is 0 Å². The molecule has 1 aromatic carbocycles. The summed E-state index contributed by atoms with van der Waals surface area (Å²) in [6.45, 7) is 1.80. The zero-order chi connectivity index (χ0) is 11.6. The molecule has 0 radical (unpaired) electrons. The predicted molar refractivity (Wildman–Crippen MR) is 65.6 cm³/mol. The number of carbonyl (C=O) groups excluding carboxylic acids is 1. The minimum atomic E-state index is -0.0123. The third-order valence-electron chi connectivity index (χ3n) is 2.00. The number of hydrogen-bond acceptors (Lipinski definition) is 1. The first-order chi connectivity index (χ1) is 7.83. The highest BCUT2D eigenvalue weighted by molar-refractivity contribution is 5.95. The van der Waals surface area contributed by atoms with Crippen LogP contribution in [0.2, 0.25) is 0 Å². The van der Waals surface area contributed by atoms with Gasteiger partial charge in [-0.1, -0.05) is 24.1 Å². The molecular weight excluding hydrogens is 196 g/mol. The second-order valence-corrected chi connectivity index (χ2v) is 3.32. The predicted octanol–water partition coefficient (Wildman–Crippen LogP) is 2.80. The van der Waals surface area contributed by atoms with E-state index >= 15 is 0 Å². The zero-order valence-corrected chi connectivity index (χ0v) is 9.42. The average molecular weight is 210 g/mol. The molecule has 80 valence electrons. The van der Waals surface area contributed by atoms with Gasteiger partial charge in [-0.3, -0.25) is 4.79 Å². The molecule has 1 rings (SSSR count). The molecule has 0 N–H and O–H groups in total. The Balaban J connectivity index is 2.39. The van der Waals surface area contributed by atoms with Crippen LogP contribution >= 0.6 is 0 Å². The van der Waals surface area contributed by atoms with E-state index in [0.717, 1.165) is 18.4 Å². The van der Waals surface area contributed by atoms with E-state index in [-0.39, 0.29) is 5.78 Å². The molecule has 16 heavy (non-hydrogen) atoms. The van der Waals surface area contributed by atoms with Crippen LogP contribution in [0.4, 0.5) is 0 Å². The summed E-state index contributed by atoms with van der Waals surface area (Å²) in [6.07, 6.45) is 2.06. The largest absolute Gasteiger partial charge is 0.285 e. The molecule has 0 atom stereocenters. The Kier molecular flexibility index (Phi) is 5.53. The summed E-state index contributed by atoms with van der Waals surface area (Å²) in [7, 11) is 0. The van der Waals surface area contributed by atoms with Gasteiger partial charge >= 0.3 is 0 Å². The number of unbranched alkanes of at least 4 members (excludes halogenated alkanes) is 1. The topological polar surface area (TPSA) is 17.1 Å². The van der Waals surface area contributed by atoms with Crippen molar-refractivity contribution in [1.82, 2.24) is 0 Å². The van der Waals surface area contributed by atoms with Crippen LogP contribution in [0.3, 0.4) is 0 Å². The second kappa shape index (κ2) is 7.32. The number of Topliss-reactive ketones (excluding diaryl/α,β-unsaturated/α-hetero) is 1. The maximum Gasteiger partial charge on any atom is 0.205 e. The Hall–Kier alpha value is -1.99. The van der Waals surface area contributed by atoms with Crippen molar-refractivity contribution in [2.75, 3.05) is 0 Å². The average Bonchev–Trinajstić information content (AvgIpc) is 2.33. The van der Waals surface area contributed by atoms with E-state index < -0.39 is 0 Å². The standard InChI is InChI=1S/C15H14O/c1-2-3-4-8-11-15(16)13-12-14-9-6-5-7-10-14/h5-7,9-10H,4,8,11H2,1H3. The molecule has 0 bridgehead atoms. The van der Waals surface area contributed by atoms with Crippen molar-refractivity contribution in [2.45, 2.75) is 26.2 Å². The first kappa shape index (κ1) is 12.1. The maximum atomic E-state index is 11.4. The van der Waals surface area contributed by atoms with Gasteiger partial charge in [0.1, 0.15) is 0 Å². The lowest BCUT2D eigenvalue weighted by atomic mass is 10.1. The van der Waals surface area contributed by atoms with Crippen LogP contribution in [0.15, 0.2) is 30.3 Å².